The fourth-order valence-electron chi connectivity index (χ4n) is 4.30. The quantitative estimate of drug-likeness (QED) is 0.360. The van der Waals surface area contributed by atoms with Crippen molar-refractivity contribution in [3.05, 3.63) is 70.6 Å². The highest BCUT2D eigenvalue weighted by Crippen LogP contribution is 2.42. The number of nitrogens with zero attached hydrogens (tertiary/aromatic N) is 2. The van der Waals surface area contributed by atoms with Crippen LogP contribution in [0.25, 0.3) is 33.4 Å². The van der Waals surface area contributed by atoms with Crippen molar-refractivity contribution < 1.29 is 19.1 Å². The summed E-state index contributed by atoms with van der Waals surface area (Å²) < 4.78 is 8.38. The molecule has 2 N–H and O–H groups in total. The number of hydrogen-bond donors (Lipinski definition) is 2. The first-order chi connectivity index (χ1) is 16.1. The summed E-state index contributed by atoms with van der Waals surface area (Å²) in [5, 5.41) is 14.4. The largest absolute Gasteiger partial charge is 0.478 e. The predicted molar refractivity (Wildman–Crippen MR) is 135 cm³/mol. The van der Waals surface area contributed by atoms with E-state index in [-0.39, 0.29) is 11.5 Å². The van der Waals surface area contributed by atoms with Crippen LogP contribution >= 0.6 is 0 Å². The van der Waals surface area contributed by atoms with Crippen LogP contribution in [0.3, 0.4) is 0 Å². The Hall–Kier alpha value is -4.13. The van der Waals surface area contributed by atoms with Gasteiger partial charge in [0.2, 0.25) is 5.36 Å². The molecule has 2 aromatic carbocycles. The third-order valence-corrected chi connectivity index (χ3v) is 6.03. The molecule has 1 aliphatic heterocycles. The Balaban J connectivity index is 2.23. The number of carboxylic acids is 1. The molecule has 0 spiro atoms. The Labute approximate surface area is 197 Å². The van der Waals surface area contributed by atoms with Crippen molar-refractivity contribution in [2.75, 3.05) is 40.1 Å². The van der Waals surface area contributed by atoms with Crippen LogP contribution in [0.2, 0.25) is 0 Å². The van der Waals surface area contributed by atoms with Crippen molar-refractivity contribution in [1.82, 2.24) is 9.89 Å². The maximum Gasteiger partial charge on any atom is 0.336 e. The van der Waals surface area contributed by atoms with Gasteiger partial charge in [0.05, 0.1) is 11.6 Å². The van der Waals surface area contributed by atoms with E-state index in [1.807, 2.05) is 74.9 Å². The van der Waals surface area contributed by atoms with Gasteiger partial charge in [0, 0.05) is 60.5 Å². The summed E-state index contributed by atoms with van der Waals surface area (Å²) in [5.74, 6) is -0.713. The van der Waals surface area contributed by atoms with Crippen molar-refractivity contribution in [2.24, 2.45) is 0 Å². The van der Waals surface area contributed by atoms with Gasteiger partial charge < -0.3 is 19.7 Å². The molecule has 0 saturated carbocycles. The SMILES string of the molecule is CNC(=O)c1ccc(C(=O)O)c(-c2c3cc(C)c(=[N+](C)C)cc-3oc3cc(N(C)C)ccc23)c1. The third kappa shape index (κ3) is 3.90. The maximum atomic E-state index is 12.4. The highest BCUT2D eigenvalue weighted by molar-refractivity contribution is 6.09. The molecule has 0 bridgehead atoms. The lowest BCUT2D eigenvalue weighted by Crippen LogP contribution is -2.24. The second-order valence-electron chi connectivity index (χ2n) is 8.73. The molecule has 0 fully saturated rings. The highest BCUT2D eigenvalue weighted by atomic mass is 16.4. The minimum atomic E-state index is -1.06. The molecule has 4 rings (SSSR count). The normalized spacial score (nSPS) is 11.0. The van der Waals surface area contributed by atoms with Gasteiger partial charge in [0.25, 0.3) is 5.91 Å². The predicted octanol–water partition coefficient (Wildman–Crippen LogP) is 3.67. The zero-order chi connectivity index (χ0) is 24.7. The van der Waals surface area contributed by atoms with Gasteiger partial charge in [-0.25, -0.2) is 9.37 Å². The number of nitrogens with one attached hydrogen (secondary N) is 1. The lowest BCUT2D eigenvalue weighted by Gasteiger charge is -2.19. The van der Waals surface area contributed by atoms with Crippen LogP contribution in [0.15, 0.2) is 52.9 Å². The smallest absolute Gasteiger partial charge is 0.336 e. The molecular weight excluding hydrogens is 430 g/mol. The van der Waals surface area contributed by atoms with Gasteiger partial charge >= 0.3 is 5.97 Å². The summed E-state index contributed by atoms with van der Waals surface area (Å²) >= 11 is 0. The molecule has 7 nitrogen and oxygen atoms in total. The van der Waals surface area contributed by atoms with E-state index in [9.17, 15) is 14.7 Å². The number of benzene rings is 3. The molecule has 1 amide bonds. The second-order valence-corrected chi connectivity index (χ2v) is 8.73. The fourth-order valence-corrected chi connectivity index (χ4v) is 4.30. The summed E-state index contributed by atoms with van der Waals surface area (Å²) in [7, 11) is 9.39. The van der Waals surface area contributed by atoms with Gasteiger partial charge in [-0.1, -0.05) is 0 Å². The number of rotatable bonds is 4. The molecule has 0 saturated heterocycles. The van der Waals surface area contributed by atoms with E-state index < -0.39 is 5.97 Å². The number of amides is 1. The zero-order valence-corrected chi connectivity index (χ0v) is 20.2. The van der Waals surface area contributed by atoms with Gasteiger partial charge in [0.1, 0.15) is 25.4 Å². The number of fused-ring (bicyclic) bond motifs is 2. The van der Waals surface area contributed by atoms with Crippen molar-refractivity contribution >= 4 is 28.5 Å². The van der Waals surface area contributed by atoms with Crippen molar-refractivity contribution in [3.8, 4) is 22.5 Å². The van der Waals surface area contributed by atoms with Crippen LogP contribution in [0.1, 0.15) is 26.3 Å². The number of carboxylic acid groups (broad SMARTS) is 1. The molecule has 0 radical (unpaired) electrons. The number of hydrogen-bond acceptors (Lipinski definition) is 4. The third-order valence-electron chi connectivity index (χ3n) is 6.03. The number of carbonyl (C=O) groups excluding carboxylic acids is 1. The second kappa shape index (κ2) is 8.67. The zero-order valence-electron chi connectivity index (χ0n) is 20.2. The molecule has 174 valence electrons. The van der Waals surface area contributed by atoms with E-state index in [4.69, 9.17) is 4.42 Å². The molecule has 2 aromatic rings. The fraction of sp³-hybridized carbons (Fsp3) is 0.222. The average molecular weight is 459 g/mol. The Kier molecular flexibility index (Phi) is 5.87. The minimum Gasteiger partial charge on any atom is -0.478 e. The summed E-state index contributed by atoms with van der Waals surface area (Å²) in [6.45, 7) is 2.01. The Morgan fingerprint density at radius 2 is 1.74 bits per heavy atom. The van der Waals surface area contributed by atoms with Crippen molar-refractivity contribution in [2.45, 2.75) is 6.92 Å². The first-order valence-electron chi connectivity index (χ1n) is 10.9. The van der Waals surface area contributed by atoms with Crippen LogP contribution in [0.5, 0.6) is 0 Å². The lowest BCUT2D eigenvalue weighted by atomic mass is 9.88. The minimum absolute atomic E-state index is 0.118. The van der Waals surface area contributed by atoms with Crippen LogP contribution in [-0.2, 0) is 0 Å². The van der Waals surface area contributed by atoms with Crippen LogP contribution in [-0.4, -0.2) is 52.2 Å². The van der Waals surface area contributed by atoms with Crippen molar-refractivity contribution in [1.29, 1.82) is 0 Å². The Morgan fingerprint density at radius 1 is 1.00 bits per heavy atom. The summed E-state index contributed by atoms with van der Waals surface area (Å²) in [4.78, 5) is 26.6. The Bertz CT molecular complexity index is 1490. The average Bonchev–Trinajstić information content (AvgIpc) is 2.80. The van der Waals surface area contributed by atoms with Gasteiger partial charge in [-0.15, -0.1) is 0 Å². The van der Waals surface area contributed by atoms with Gasteiger partial charge in [0.15, 0.2) is 0 Å². The summed E-state index contributed by atoms with van der Waals surface area (Å²) in [5.41, 5.74) is 5.08. The van der Waals surface area contributed by atoms with Crippen LogP contribution in [0.4, 0.5) is 5.69 Å². The Morgan fingerprint density at radius 3 is 2.35 bits per heavy atom. The van der Waals surface area contributed by atoms with E-state index in [1.54, 1.807) is 13.1 Å². The number of aryl methyl sites for hydroxylation is 1. The number of aromatic carboxylic acids is 1. The van der Waals surface area contributed by atoms with Gasteiger partial charge in [-0.3, -0.25) is 4.79 Å². The monoisotopic (exact) mass is 458 g/mol. The first kappa shape index (κ1) is 23.0. The molecule has 7 heteroatoms. The molecule has 0 atom stereocenters. The maximum absolute atomic E-state index is 12.4. The topological polar surface area (TPSA) is 85.8 Å². The molecule has 1 heterocycles. The van der Waals surface area contributed by atoms with Gasteiger partial charge in [-0.2, -0.15) is 0 Å². The highest BCUT2D eigenvalue weighted by Gasteiger charge is 2.24. The van der Waals surface area contributed by atoms with E-state index in [0.717, 1.165) is 33.1 Å². The van der Waals surface area contributed by atoms with E-state index in [2.05, 4.69) is 5.32 Å². The van der Waals surface area contributed by atoms with E-state index in [1.165, 1.54) is 12.1 Å². The summed E-state index contributed by atoms with van der Waals surface area (Å²) in [6, 6.07) is 14.5. The molecule has 1 aliphatic carbocycles. The molecular formula is C27H28N3O4+. The first-order valence-corrected chi connectivity index (χ1v) is 10.9. The van der Waals surface area contributed by atoms with Gasteiger partial charge in [-0.05, 0) is 48.9 Å². The lowest BCUT2D eigenvalue weighted by molar-refractivity contribution is 0.0697. The molecule has 0 unspecified atom stereocenters. The molecule has 2 aliphatic rings. The van der Waals surface area contributed by atoms with E-state index >= 15 is 0 Å². The van der Waals surface area contributed by atoms with Crippen LogP contribution in [0, 0.1) is 6.92 Å². The number of carbonyl (C=O) groups is 2. The molecule has 0 aromatic heterocycles. The number of anilines is 1. The molecule has 34 heavy (non-hydrogen) atoms. The standard InChI is InChI=1S/C27H27N3O4/c1-15-11-21-24(14-22(15)30(5)6)34-23-13-17(29(3)4)8-10-19(23)25(21)20-12-16(26(31)28-2)7-9-18(20)27(32)33/h7-14H,1-6H3,(H-,28,31,32,33)/p+1. The van der Waals surface area contributed by atoms with Crippen molar-refractivity contribution in [3.63, 3.8) is 0 Å². The van der Waals surface area contributed by atoms with Crippen LogP contribution < -0.4 is 20.1 Å². The summed E-state index contributed by atoms with van der Waals surface area (Å²) in [6.07, 6.45) is 0. The van der Waals surface area contributed by atoms with E-state index in [0.29, 0.717) is 22.5 Å².